The average molecular weight is 411 g/mol. The third-order valence-electron chi connectivity index (χ3n) is 4.37. The van der Waals surface area contributed by atoms with E-state index in [1.54, 1.807) is 42.5 Å². The van der Waals surface area contributed by atoms with E-state index < -0.39 is 11.3 Å². The van der Waals surface area contributed by atoms with E-state index in [9.17, 15) is 14.7 Å². The number of hydrogen-bond acceptors (Lipinski definition) is 4. The number of aliphatic hydroxyl groups excluding tert-OH is 2. The minimum Gasteiger partial charge on any atom is -0.395 e. The molecule has 3 N–H and O–H groups in total. The van der Waals surface area contributed by atoms with Crippen LogP contribution in [0.1, 0.15) is 21.5 Å². The summed E-state index contributed by atoms with van der Waals surface area (Å²) in [6.07, 6.45) is 1.39. The van der Waals surface area contributed by atoms with E-state index in [1.165, 1.54) is 11.1 Å². The molecule has 0 aliphatic rings. The van der Waals surface area contributed by atoms with Gasteiger partial charge in [0.15, 0.2) is 0 Å². The highest BCUT2D eigenvalue weighted by Crippen LogP contribution is 2.15. The molecule has 1 aromatic heterocycles. The Morgan fingerprint density at radius 3 is 2.59 bits per heavy atom. The molecule has 0 radical (unpaired) electrons. The van der Waals surface area contributed by atoms with Crippen LogP contribution in [0.15, 0.2) is 53.5 Å². The maximum atomic E-state index is 13.0. The normalized spacial score (nSPS) is 10.4. The van der Waals surface area contributed by atoms with Crippen molar-refractivity contribution in [1.29, 1.82) is 0 Å². The molecule has 0 unspecified atom stereocenters. The number of rotatable bonds is 5. The second-order valence-electron chi connectivity index (χ2n) is 6.33. The lowest BCUT2D eigenvalue weighted by molar-refractivity contribution is 0.0706. The molecule has 6 nitrogen and oxygen atoms in total. The molecule has 0 atom stereocenters. The van der Waals surface area contributed by atoms with Crippen LogP contribution >= 0.6 is 11.6 Å². The number of nitrogens with zero attached hydrogens (tertiary/aromatic N) is 1. The molecule has 0 fully saturated rings. The summed E-state index contributed by atoms with van der Waals surface area (Å²) in [5, 5.41) is 19.1. The lowest BCUT2D eigenvalue weighted by atomic mass is 10.1. The van der Waals surface area contributed by atoms with E-state index in [0.717, 1.165) is 5.56 Å². The summed E-state index contributed by atoms with van der Waals surface area (Å²) in [6, 6.07) is 12.0. The second kappa shape index (κ2) is 9.39. The minimum atomic E-state index is -0.482. The van der Waals surface area contributed by atoms with E-state index >= 15 is 0 Å². The molecule has 3 aromatic rings. The zero-order chi connectivity index (χ0) is 20.8. The maximum absolute atomic E-state index is 13.0. The highest BCUT2D eigenvalue weighted by atomic mass is 35.5. The summed E-state index contributed by atoms with van der Waals surface area (Å²) in [4.78, 5) is 30.4. The van der Waals surface area contributed by atoms with Crippen molar-refractivity contribution in [3.05, 3.63) is 80.6 Å². The quantitative estimate of drug-likeness (QED) is 0.562. The Bertz CT molecular complexity index is 1140. The molecule has 2 aromatic carbocycles. The van der Waals surface area contributed by atoms with Crippen LogP contribution in [0.25, 0.3) is 10.9 Å². The lowest BCUT2D eigenvalue weighted by Crippen LogP contribution is -2.36. The Morgan fingerprint density at radius 2 is 1.90 bits per heavy atom. The highest BCUT2D eigenvalue weighted by molar-refractivity contribution is 6.30. The molecular weight excluding hydrogens is 392 g/mol. The second-order valence-corrected chi connectivity index (χ2v) is 6.76. The van der Waals surface area contributed by atoms with Gasteiger partial charge in [-0.3, -0.25) is 9.59 Å². The molecule has 0 saturated carbocycles. The first kappa shape index (κ1) is 20.6. The fourth-order valence-corrected chi connectivity index (χ4v) is 3.08. The minimum absolute atomic E-state index is 0.0211. The van der Waals surface area contributed by atoms with Gasteiger partial charge in [0, 0.05) is 40.8 Å². The molecule has 29 heavy (non-hydrogen) atoms. The van der Waals surface area contributed by atoms with Crippen molar-refractivity contribution in [1.82, 2.24) is 9.88 Å². The Morgan fingerprint density at radius 1 is 1.14 bits per heavy atom. The highest BCUT2D eigenvalue weighted by Gasteiger charge is 2.20. The van der Waals surface area contributed by atoms with Crippen LogP contribution in [0, 0.1) is 11.8 Å². The molecule has 3 rings (SSSR count). The summed E-state index contributed by atoms with van der Waals surface area (Å²) in [5.41, 5.74) is 1.53. The van der Waals surface area contributed by atoms with Gasteiger partial charge in [0.1, 0.15) is 12.2 Å². The van der Waals surface area contributed by atoms with Crippen LogP contribution in [0.5, 0.6) is 0 Å². The van der Waals surface area contributed by atoms with Crippen molar-refractivity contribution < 1.29 is 15.0 Å². The van der Waals surface area contributed by atoms with Gasteiger partial charge in [-0.2, -0.15) is 0 Å². The van der Waals surface area contributed by atoms with Crippen LogP contribution in [0.2, 0.25) is 5.02 Å². The first-order valence-corrected chi connectivity index (χ1v) is 9.31. The predicted molar refractivity (Wildman–Crippen MR) is 112 cm³/mol. The van der Waals surface area contributed by atoms with E-state index in [4.69, 9.17) is 16.7 Å². The average Bonchev–Trinajstić information content (AvgIpc) is 2.73. The number of amides is 1. The maximum Gasteiger partial charge on any atom is 0.259 e. The smallest absolute Gasteiger partial charge is 0.259 e. The van der Waals surface area contributed by atoms with Gasteiger partial charge in [-0.25, -0.2) is 0 Å². The number of nitrogens with one attached hydrogen (secondary N) is 1. The van der Waals surface area contributed by atoms with Crippen LogP contribution in [0.3, 0.4) is 0 Å². The van der Waals surface area contributed by atoms with Crippen LogP contribution in [0.4, 0.5) is 0 Å². The predicted octanol–water partition coefficient (Wildman–Crippen LogP) is 2.16. The first-order valence-electron chi connectivity index (χ1n) is 8.93. The van der Waals surface area contributed by atoms with Crippen molar-refractivity contribution in [3.8, 4) is 11.8 Å². The van der Waals surface area contributed by atoms with Gasteiger partial charge in [-0.05, 0) is 35.9 Å². The zero-order valence-corrected chi connectivity index (χ0v) is 16.2. The number of aliphatic hydroxyl groups is 2. The molecule has 148 valence electrons. The number of carbonyl (C=O) groups is 1. The van der Waals surface area contributed by atoms with Gasteiger partial charge in [0.2, 0.25) is 5.43 Å². The fraction of sp³-hybridized carbons (Fsp3) is 0.182. The Kier molecular flexibility index (Phi) is 6.68. The van der Waals surface area contributed by atoms with Gasteiger partial charge in [-0.15, -0.1) is 0 Å². The SMILES string of the molecule is O=C(c1c[nH]c2ccc(C#CCO)cc2c1=O)N(CCO)Cc1ccc(Cl)cc1. The van der Waals surface area contributed by atoms with E-state index in [-0.39, 0.29) is 31.9 Å². The number of hydrogen-bond donors (Lipinski definition) is 3. The fourth-order valence-electron chi connectivity index (χ4n) is 2.95. The van der Waals surface area contributed by atoms with Crippen LogP contribution < -0.4 is 5.43 Å². The van der Waals surface area contributed by atoms with E-state index in [0.29, 0.717) is 21.5 Å². The molecule has 0 bridgehead atoms. The number of aromatic nitrogens is 1. The van der Waals surface area contributed by atoms with Gasteiger partial charge >= 0.3 is 0 Å². The molecular formula is C22H19ClN2O4. The van der Waals surface area contributed by atoms with Crippen molar-refractivity contribution in [2.24, 2.45) is 0 Å². The van der Waals surface area contributed by atoms with Gasteiger partial charge in [0.25, 0.3) is 5.91 Å². The zero-order valence-electron chi connectivity index (χ0n) is 15.5. The summed E-state index contributed by atoms with van der Waals surface area (Å²) in [7, 11) is 0. The Hall–Kier alpha value is -3.11. The van der Waals surface area contributed by atoms with Crippen molar-refractivity contribution >= 4 is 28.4 Å². The third kappa shape index (κ3) is 4.84. The van der Waals surface area contributed by atoms with Crippen molar-refractivity contribution in [2.45, 2.75) is 6.54 Å². The standard InChI is InChI=1S/C22H19ClN2O4/c23-17-6-3-16(4-7-17)14-25(9-11-27)22(29)19-13-24-20-8-5-15(2-1-10-26)12-18(20)21(19)28/h3-8,12-13,26-27H,9-11,14H2,(H,24,28). The summed E-state index contributed by atoms with van der Waals surface area (Å²) in [6.45, 7) is -0.198. The van der Waals surface area contributed by atoms with Crippen LogP contribution in [-0.4, -0.2) is 45.8 Å². The number of benzene rings is 2. The topological polar surface area (TPSA) is 93.6 Å². The van der Waals surface area contributed by atoms with Crippen molar-refractivity contribution in [3.63, 3.8) is 0 Å². The number of fused-ring (bicyclic) bond motifs is 1. The van der Waals surface area contributed by atoms with E-state index in [1.807, 2.05) is 0 Å². The molecule has 0 aliphatic heterocycles. The Labute approximate surface area is 172 Å². The third-order valence-corrected chi connectivity index (χ3v) is 4.62. The van der Waals surface area contributed by atoms with Gasteiger partial charge in [0.05, 0.1) is 6.61 Å². The molecule has 1 heterocycles. The number of aromatic amines is 1. The molecule has 0 spiro atoms. The lowest BCUT2D eigenvalue weighted by Gasteiger charge is -2.22. The largest absolute Gasteiger partial charge is 0.395 e. The van der Waals surface area contributed by atoms with Gasteiger partial charge in [-0.1, -0.05) is 35.6 Å². The molecule has 7 heteroatoms. The van der Waals surface area contributed by atoms with E-state index in [2.05, 4.69) is 16.8 Å². The number of carbonyl (C=O) groups excluding carboxylic acids is 1. The van der Waals surface area contributed by atoms with Crippen LogP contribution in [-0.2, 0) is 6.54 Å². The summed E-state index contributed by atoms with van der Waals surface area (Å²) >= 11 is 5.90. The van der Waals surface area contributed by atoms with Crippen molar-refractivity contribution in [2.75, 3.05) is 19.8 Å². The molecule has 1 amide bonds. The Balaban J connectivity index is 1.97. The number of halogens is 1. The summed E-state index contributed by atoms with van der Waals surface area (Å²) < 4.78 is 0. The number of pyridine rings is 1. The summed E-state index contributed by atoms with van der Waals surface area (Å²) in [5.74, 6) is 4.80. The monoisotopic (exact) mass is 410 g/mol. The number of H-pyrrole nitrogens is 1. The molecule has 0 saturated heterocycles. The van der Waals surface area contributed by atoms with Gasteiger partial charge < -0.3 is 20.1 Å². The molecule has 0 aliphatic carbocycles. The first-order chi connectivity index (χ1) is 14.0.